The van der Waals surface area contributed by atoms with E-state index in [-0.39, 0.29) is 18.3 Å². The summed E-state index contributed by atoms with van der Waals surface area (Å²) in [4.78, 5) is 25.6. The molecule has 0 aliphatic rings. The van der Waals surface area contributed by atoms with Crippen molar-refractivity contribution in [3.05, 3.63) is 52.2 Å². The molecule has 24 heavy (non-hydrogen) atoms. The standard InChI is InChI=1S/C16H17F2N3O2S/c1-21(2)14(10-5-6-24-9-10)8-19-15(22)16(23)20-13-4-3-11(17)7-12(13)18/h3-7,9,14H,8H2,1-2H3,(H,19,22)(H,20,23)/t14-/m1/s1. The van der Waals surface area contributed by atoms with Gasteiger partial charge in [-0.05, 0) is 48.6 Å². The number of likely N-dealkylation sites (N-methyl/N-ethyl adjacent to an activating group) is 1. The number of amides is 2. The second-order valence-electron chi connectivity index (χ2n) is 5.32. The Morgan fingerprint density at radius 3 is 2.54 bits per heavy atom. The summed E-state index contributed by atoms with van der Waals surface area (Å²) in [6, 6.07) is 4.54. The van der Waals surface area contributed by atoms with E-state index in [0.717, 1.165) is 17.7 Å². The van der Waals surface area contributed by atoms with E-state index in [2.05, 4.69) is 10.6 Å². The predicted octanol–water partition coefficient (Wildman–Crippen LogP) is 2.38. The fourth-order valence-corrected chi connectivity index (χ4v) is 2.81. The highest BCUT2D eigenvalue weighted by atomic mass is 32.1. The van der Waals surface area contributed by atoms with Gasteiger partial charge in [-0.3, -0.25) is 9.59 Å². The molecule has 0 unspecified atom stereocenters. The molecule has 2 amide bonds. The summed E-state index contributed by atoms with van der Waals surface area (Å²) in [5.74, 6) is -3.61. The predicted molar refractivity (Wildman–Crippen MR) is 88.7 cm³/mol. The largest absolute Gasteiger partial charge is 0.346 e. The molecule has 1 atom stereocenters. The van der Waals surface area contributed by atoms with E-state index in [9.17, 15) is 18.4 Å². The van der Waals surface area contributed by atoms with Crippen LogP contribution in [-0.2, 0) is 9.59 Å². The zero-order valence-corrected chi connectivity index (χ0v) is 14.0. The molecule has 0 aliphatic heterocycles. The molecule has 1 aromatic carbocycles. The molecule has 8 heteroatoms. The van der Waals surface area contributed by atoms with Crippen LogP contribution in [0.3, 0.4) is 0 Å². The lowest BCUT2D eigenvalue weighted by Gasteiger charge is -2.23. The Balaban J connectivity index is 1.95. The molecule has 0 fully saturated rings. The summed E-state index contributed by atoms with van der Waals surface area (Å²) in [7, 11) is 3.73. The first kappa shape index (κ1) is 18.0. The van der Waals surface area contributed by atoms with Gasteiger partial charge in [0.1, 0.15) is 11.6 Å². The third kappa shape index (κ3) is 4.59. The molecule has 0 aliphatic carbocycles. The number of hydrogen-bond donors (Lipinski definition) is 2. The van der Waals surface area contributed by atoms with Crippen molar-refractivity contribution in [2.24, 2.45) is 0 Å². The van der Waals surface area contributed by atoms with Crippen molar-refractivity contribution in [1.82, 2.24) is 10.2 Å². The molecule has 0 saturated carbocycles. The average molecular weight is 353 g/mol. The van der Waals surface area contributed by atoms with Gasteiger partial charge in [0.15, 0.2) is 0 Å². The fourth-order valence-electron chi connectivity index (χ4n) is 2.10. The van der Waals surface area contributed by atoms with Gasteiger partial charge < -0.3 is 15.5 Å². The number of nitrogens with one attached hydrogen (secondary N) is 2. The van der Waals surface area contributed by atoms with Crippen molar-refractivity contribution in [2.75, 3.05) is 26.0 Å². The Labute approximate surface area is 142 Å². The van der Waals surface area contributed by atoms with Crippen LogP contribution in [0.2, 0.25) is 0 Å². The molecule has 1 aromatic heterocycles. The molecule has 2 aromatic rings. The summed E-state index contributed by atoms with van der Waals surface area (Å²) in [5, 5.41) is 8.53. The Hall–Kier alpha value is -2.32. The lowest BCUT2D eigenvalue weighted by atomic mass is 10.1. The minimum absolute atomic E-state index is 0.0874. The van der Waals surface area contributed by atoms with Gasteiger partial charge in [0, 0.05) is 12.6 Å². The van der Waals surface area contributed by atoms with Gasteiger partial charge in [0.05, 0.1) is 11.7 Å². The number of benzene rings is 1. The lowest BCUT2D eigenvalue weighted by molar-refractivity contribution is -0.136. The van der Waals surface area contributed by atoms with Crippen LogP contribution in [-0.4, -0.2) is 37.4 Å². The van der Waals surface area contributed by atoms with Gasteiger partial charge in [-0.25, -0.2) is 8.78 Å². The minimum atomic E-state index is -1.01. The van der Waals surface area contributed by atoms with E-state index >= 15 is 0 Å². The van der Waals surface area contributed by atoms with Gasteiger partial charge in [0.2, 0.25) is 0 Å². The van der Waals surface area contributed by atoms with Crippen LogP contribution in [0.5, 0.6) is 0 Å². The molecule has 5 nitrogen and oxygen atoms in total. The van der Waals surface area contributed by atoms with Gasteiger partial charge in [-0.2, -0.15) is 11.3 Å². The van der Waals surface area contributed by atoms with Crippen molar-refractivity contribution in [2.45, 2.75) is 6.04 Å². The number of nitrogens with zero attached hydrogens (tertiary/aromatic N) is 1. The van der Waals surface area contributed by atoms with Crippen molar-refractivity contribution < 1.29 is 18.4 Å². The quantitative estimate of drug-likeness (QED) is 0.812. The molecule has 0 bridgehead atoms. The van der Waals surface area contributed by atoms with Gasteiger partial charge in [-0.1, -0.05) is 0 Å². The first-order chi connectivity index (χ1) is 11.4. The summed E-state index contributed by atoms with van der Waals surface area (Å²) in [5.41, 5.74) is 0.772. The van der Waals surface area contributed by atoms with Gasteiger partial charge in [-0.15, -0.1) is 0 Å². The second kappa shape index (κ2) is 7.98. The van der Waals surface area contributed by atoms with Crippen LogP contribution < -0.4 is 10.6 Å². The smallest absolute Gasteiger partial charge is 0.313 e. The van der Waals surface area contributed by atoms with Crippen LogP contribution in [0.4, 0.5) is 14.5 Å². The van der Waals surface area contributed by atoms with Crippen LogP contribution >= 0.6 is 11.3 Å². The van der Waals surface area contributed by atoms with E-state index in [1.54, 1.807) is 0 Å². The van der Waals surface area contributed by atoms with Gasteiger partial charge >= 0.3 is 11.8 Å². The second-order valence-corrected chi connectivity index (χ2v) is 6.10. The van der Waals surface area contributed by atoms with Crippen molar-refractivity contribution >= 4 is 28.8 Å². The summed E-state index contributed by atoms with van der Waals surface area (Å²) in [6.45, 7) is 0.224. The van der Waals surface area contributed by atoms with Crippen molar-refractivity contribution in [3.8, 4) is 0 Å². The number of anilines is 1. The van der Waals surface area contributed by atoms with Crippen molar-refractivity contribution in [1.29, 1.82) is 0 Å². The van der Waals surface area contributed by atoms with Crippen LogP contribution in [0, 0.1) is 11.6 Å². The summed E-state index contributed by atoms with van der Waals surface area (Å²) in [6.07, 6.45) is 0. The molecule has 1 heterocycles. The van der Waals surface area contributed by atoms with Crippen LogP contribution in [0.15, 0.2) is 35.0 Å². The third-order valence-electron chi connectivity index (χ3n) is 3.39. The van der Waals surface area contributed by atoms with Crippen molar-refractivity contribution in [3.63, 3.8) is 0 Å². The number of thiophene rings is 1. The zero-order valence-electron chi connectivity index (χ0n) is 13.2. The summed E-state index contributed by atoms with van der Waals surface area (Å²) < 4.78 is 26.3. The fraction of sp³-hybridized carbons (Fsp3) is 0.250. The molecule has 2 N–H and O–H groups in total. The highest BCUT2D eigenvalue weighted by Crippen LogP contribution is 2.20. The molecule has 0 saturated heterocycles. The lowest BCUT2D eigenvalue weighted by Crippen LogP contribution is -2.40. The number of carbonyl (C=O) groups excluding carboxylic acids is 2. The van der Waals surface area contributed by atoms with E-state index < -0.39 is 23.4 Å². The maximum atomic E-state index is 13.5. The average Bonchev–Trinajstić information content (AvgIpc) is 3.03. The molecule has 0 radical (unpaired) electrons. The summed E-state index contributed by atoms with van der Waals surface area (Å²) >= 11 is 1.54. The van der Waals surface area contributed by atoms with Crippen LogP contribution in [0.1, 0.15) is 11.6 Å². The molecular weight excluding hydrogens is 336 g/mol. The SMILES string of the molecule is CN(C)[C@H](CNC(=O)C(=O)Nc1ccc(F)cc1F)c1ccsc1. The monoisotopic (exact) mass is 353 g/mol. The molecule has 2 rings (SSSR count). The molecular formula is C16H17F2N3O2S. The molecule has 128 valence electrons. The number of halogens is 2. The maximum Gasteiger partial charge on any atom is 0.313 e. The number of hydrogen-bond acceptors (Lipinski definition) is 4. The number of rotatable bonds is 5. The van der Waals surface area contributed by atoms with E-state index in [1.165, 1.54) is 11.3 Å². The zero-order chi connectivity index (χ0) is 17.7. The Morgan fingerprint density at radius 2 is 1.96 bits per heavy atom. The van der Waals surface area contributed by atoms with Crippen LogP contribution in [0.25, 0.3) is 0 Å². The maximum absolute atomic E-state index is 13.5. The Morgan fingerprint density at radius 1 is 1.21 bits per heavy atom. The van der Waals surface area contributed by atoms with E-state index in [0.29, 0.717) is 6.07 Å². The first-order valence-electron chi connectivity index (χ1n) is 7.11. The Bertz CT molecular complexity index is 720. The highest BCUT2D eigenvalue weighted by molar-refractivity contribution is 7.07. The van der Waals surface area contributed by atoms with Gasteiger partial charge in [0.25, 0.3) is 0 Å². The first-order valence-corrected chi connectivity index (χ1v) is 8.05. The normalized spacial score (nSPS) is 12.0. The minimum Gasteiger partial charge on any atom is -0.346 e. The Kier molecular flexibility index (Phi) is 5.99. The topological polar surface area (TPSA) is 61.4 Å². The third-order valence-corrected chi connectivity index (χ3v) is 4.09. The number of carbonyl (C=O) groups is 2. The highest BCUT2D eigenvalue weighted by Gasteiger charge is 2.20. The van der Waals surface area contributed by atoms with E-state index in [4.69, 9.17) is 0 Å². The molecule has 0 spiro atoms. The van der Waals surface area contributed by atoms with E-state index in [1.807, 2.05) is 35.8 Å².